The Labute approximate surface area is 156 Å². The van der Waals surface area contributed by atoms with Gasteiger partial charge in [-0.05, 0) is 36.6 Å². The average Bonchev–Trinajstić information content (AvgIpc) is 2.68. The van der Waals surface area contributed by atoms with Crippen LogP contribution in [0.3, 0.4) is 0 Å². The van der Waals surface area contributed by atoms with Crippen molar-refractivity contribution in [3.05, 3.63) is 52.7 Å². The maximum absolute atomic E-state index is 12.8. The first kappa shape index (κ1) is 17.6. The molecule has 0 spiro atoms. The Balaban J connectivity index is 1.70. The summed E-state index contributed by atoms with van der Waals surface area (Å²) in [6.45, 7) is 2.54. The Morgan fingerprint density at radius 2 is 2.00 bits per heavy atom. The second-order valence-electron chi connectivity index (χ2n) is 5.64. The minimum Gasteiger partial charge on any atom is -0.353 e. The molecule has 1 aliphatic heterocycles. The molecule has 25 heavy (non-hydrogen) atoms. The van der Waals surface area contributed by atoms with Crippen LogP contribution in [0.15, 0.2) is 41.4 Å². The summed E-state index contributed by atoms with van der Waals surface area (Å²) in [5.74, 6) is 0.729. The lowest BCUT2D eigenvalue weighted by molar-refractivity contribution is 0.0746. The van der Waals surface area contributed by atoms with Crippen LogP contribution in [0.5, 0.6) is 0 Å². The molecule has 0 saturated carbocycles. The molecule has 1 saturated heterocycles. The molecule has 5 nitrogen and oxygen atoms in total. The first-order chi connectivity index (χ1) is 12.1. The van der Waals surface area contributed by atoms with Crippen molar-refractivity contribution in [2.24, 2.45) is 0 Å². The predicted octanol–water partition coefficient (Wildman–Crippen LogP) is 3.29. The topological polar surface area (TPSA) is 60.2 Å². The van der Waals surface area contributed by atoms with Crippen LogP contribution in [0.1, 0.15) is 15.9 Å². The molecule has 1 aliphatic rings. The van der Waals surface area contributed by atoms with Gasteiger partial charge in [-0.15, -0.1) is 11.8 Å². The smallest absolute Gasteiger partial charge is 0.255 e. The summed E-state index contributed by atoms with van der Waals surface area (Å²) < 4.78 is 0. The van der Waals surface area contributed by atoms with Crippen LogP contribution in [0.4, 0.5) is 5.82 Å². The SMILES string of the molecule is CSc1ccc(Cl)c(C(=O)N2CCN(c3cc(C#N)ccn3)CC2)c1. The van der Waals surface area contributed by atoms with Crippen molar-refractivity contribution < 1.29 is 4.79 Å². The molecule has 128 valence electrons. The van der Waals surface area contributed by atoms with Gasteiger partial charge in [0.05, 0.1) is 22.2 Å². The molecule has 1 aromatic carbocycles. The number of pyridine rings is 1. The summed E-state index contributed by atoms with van der Waals surface area (Å²) in [7, 11) is 0. The van der Waals surface area contributed by atoms with E-state index < -0.39 is 0 Å². The Morgan fingerprint density at radius 1 is 1.24 bits per heavy atom. The summed E-state index contributed by atoms with van der Waals surface area (Å²) >= 11 is 7.80. The normalized spacial score (nSPS) is 14.3. The number of benzene rings is 1. The van der Waals surface area contributed by atoms with E-state index in [1.54, 1.807) is 36.2 Å². The molecule has 0 N–H and O–H groups in total. The molecule has 0 unspecified atom stereocenters. The monoisotopic (exact) mass is 372 g/mol. The van der Waals surface area contributed by atoms with Gasteiger partial charge in [0.25, 0.3) is 5.91 Å². The van der Waals surface area contributed by atoms with Gasteiger partial charge in [0, 0.05) is 37.3 Å². The van der Waals surface area contributed by atoms with Crippen molar-refractivity contribution in [1.29, 1.82) is 5.26 Å². The van der Waals surface area contributed by atoms with E-state index in [0.717, 1.165) is 10.7 Å². The van der Waals surface area contributed by atoms with E-state index >= 15 is 0 Å². The lowest BCUT2D eigenvalue weighted by Gasteiger charge is -2.35. The van der Waals surface area contributed by atoms with Gasteiger partial charge >= 0.3 is 0 Å². The van der Waals surface area contributed by atoms with Gasteiger partial charge in [-0.2, -0.15) is 5.26 Å². The number of carbonyl (C=O) groups excluding carboxylic acids is 1. The maximum Gasteiger partial charge on any atom is 0.255 e. The predicted molar refractivity (Wildman–Crippen MR) is 100 cm³/mol. The fourth-order valence-corrected chi connectivity index (χ4v) is 3.40. The highest BCUT2D eigenvalue weighted by molar-refractivity contribution is 7.98. The number of carbonyl (C=O) groups is 1. The molecule has 2 heterocycles. The van der Waals surface area contributed by atoms with E-state index in [-0.39, 0.29) is 5.91 Å². The van der Waals surface area contributed by atoms with E-state index in [1.165, 1.54) is 0 Å². The molecule has 1 amide bonds. The molecular formula is C18H17ClN4OS. The van der Waals surface area contributed by atoms with Crippen molar-refractivity contribution in [2.75, 3.05) is 37.3 Å². The van der Waals surface area contributed by atoms with Crippen molar-refractivity contribution in [3.63, 3.8) is 0 Å². The van der Waals surface area contributed by atoms with Crippen LogP contribution < -0.4 is 4.90 Å². The summed E-state index contributed by atoms with van der Waals surface area (Å²) in [5, 5.41) is 9.49. The van der Waals surface area contributed by atoms with E-state index in [0.29, 0.717) is 42.3 Å². The van der Waals surface area contributed by atoms with Gasteiger partial charge in [-0.1, -0.05) is 11.6 Å². The molecule has 0 radical (unpaired) electrons. The third-order valence-electron chi connectivity index (χ3n) is 4.17. The number of rotatable bonds is 3. The molecule has 0 atom stereocenters. The van der Waals surface area contributed by atoms with Gasteiger partial charge < -0.3 is 9.80 Å². The second-order valence-corrected chi connectivity index (χ2v) is 6.93. The number of nitriles is 1. The van der Waals surface area contributed by atoms with E-state index in [2.05, 4.69) is 16.0 Å². The zero-order valence-corrected chi connectivity index (χ0v) is 15.3. The Kier molecular flexibility index (Phi) is 5.47. The molecule has 0 aliphatic carbocycles. The minimum absolute atomic E-state index is 0.0423. The molecule has 7 heteroatoms. The highest BCUT2D eigenvalue weighted by Crippen LogP contribution is 2.25. The Morgan fingerprint density at radius 3 is 2.68 bits per heavy atom. The molecule has 3 rings (SSSR count). The van der Waals surface area contributed by atoms with Crippen LogP contribution in [0.25, 0.3) is 0 Å². The van der Waals surface area contributed by atoms with Crippen LogP contribution in [-0.4, -0.2) is 48.2 Å². The van der Waals surface area contributed by atoms with Crippen LogP contribution in [0, 0.1) is 11.3 Å². The number of amides is 1. The van der Waals surface area contributed by atoms with E-state index in [9.17, 15) is 4.79 Å². The first-order valence-corrected chi connectivity index (χ1v) is 9.46. The number of piperazine rings is 1. The summed E-state index contributed by atoms with van der Waals surface area (Å²) in [5.41, 5.74) is 1.13. The Bertz CT molecular complexity index is 828. The fraction of sp³-hybridized carbons (Fsp3) is 0.278. The third-order valence-corrected chi connectivity index (χ3v) is 5.22. The van der Waals surface area contributed by atoms with Crippen LogP contribution >= 0.6 is 23.4 Å². The average molecular weight is 373 g/mol. The number of nitrogens with zero attached hydrogens (tertiary/aromatic N) is 4. The standard InChI is InChI=1S/C18H17ClN4OS/c1-25-14-2-3-16(19)15(11-14)18(24)23-8-6-22(7-9-23)17-10-13(12-20)4-5-21-17/h2-5,10-11H,6-9H2,1H3. The highest BCUT2D eigenvalue weighted by Gasteiger charge is 2.24. The number of halogens is 1. The number of hydrogen-bond donors (Lipinski definition) is 0. The van der Waals surface area contributed by atoms with Crippen molar-refractivity contribution >= 4 is 35.1 Å². The lowest BCUT2D eigenvalue weighted by atomic mass is 10.1. The lowest BCUT2D eigenvalue weighted by Crippen LogP contribution is -2.49. The van der Waals surface area contributed by atoms with Gasteiger partial charge in [-0.25, -0.2) is 4.98 Å². The highest BCUT2D eigenvalue weighted by atomic mass is 35.5. The first-order valence-electron chi connectivity index (χ1n) is 7.86. The van der Waals surface area contributed by atoms with Crippen LogP contribution in [-0.2, 0) is 0 Å². The second kappa shape index (κ2) is 7.77. The van der Waals surface area contributed by atoms with Gasteiger partial charge in [0.1, 0.15) is 5.82 Å². The number of aromatic nitrogens is 1. The summed E-state index contributed by atoms with van der Waals surface area (Å²) in [4.78, 5) is 22.0. The quantitative estimate of drug-likeness (QED) is 0.774. The van der Waals surface area contributed by atoms with E-state index in [4.69, 9.17) is 16.9 Å². The largest absolute Gasteiger partial charge is 0.353 e. The van der Waals surface area contributed by atoms with Crippen molar-refractivity contribution in [2.45, 2.75) is 4.90 Å². The minimum atomic E-state index is -0.0423. The summed E-state index contributed by atoms with van der Waals surface area (Å²) in [6, 6.07) is 11.1. The summed E-state index contributed by atoms with van der Waals surface area (Å²) in [6.07, 6.45) is 3.61. The van der Waals surface area contributed by atoms with Gasteiger partial charge in [0.15, 0.2) is 0 Å². The fourth-order valence-electron chi connectivity index (χ4n) is 2.77. The van der Waals surface area contributed by atoms with Gasteiger partial charge in [-0.3, -0.25) is 4.79 Å². The third kappa shape index (κ3) is 3.89. The number of anilines is 1. The molecular weight excluding hydrogens is 356 g/mol. The Hall–Kier alpha value is -2.23. The number of thioether (sulfide) groups is 1. The van der Waals surface area contributed by atoms with Crippen molar-refractivity contribution in [3.8, 4) is 6.07 Å². The molecule has 1 aromatic heterocycles. The van der Waals surface area contributed by atoms with Gasteiger partial charge in [0.2, 0.25) is 0 Å². The maximum atomic E-state index is 12.8. The molecule has 0 bridgehead atoms. The van der Waals surface area contributed by atoms with Crippen molar-refractivity contribution in [1.82, 2.24) is 9.88 Å². The van der Waals surface area contributed by atoms with Crippen LogP contribution in [0.2, 0.25) is 5.02 Å². The zero-order valence-electron chi connectivity index (χ0n) is 13.8. The zero-order chi connectivity index (χ0) is 17.8. The number of hydrogen-bond acceptors (Lipinski definition) is 5. The molecule has 1 fully saturated rings. The van der Waals surface area contributed by atoms with E-state index in [1.807, 2.05) is 23.3 Å². The molecule has 2 aromatic rings.